The summed E-state index contributed by atoms with van der Waals surface area (Å²) < 4.78 is 8.48. The van der Waals surface area contributed by atoms with Gasteiger partial charge in [0.25, 0.3) is 0 Å². The quantitative estimate of drug-likeness (QED) is 0.184. The van der Waals surface area contributed by atoms with Crippen molar-refractivity contribution in [3.8, 4) is 50.2 Å². The average molecular weight is 638 g/mol. The van der Waals surface area contributed by atoms with Crippen LogP contribution in [0.2, 0.25) is 0 Å². The Morgan fingerprint density at radius 3 is 1.30 bits per heavy atom. The number of fused-ring (bicyclic) bond motifs is 6. The molecule has 0 bridgehead atoms. The van der Waals surface area contributed by atoms with Crippen molar-refractivity contribution < 1.29 is 4.42 Å². The molecule has 2 aromatic heterocycles. The Morgan fingerprint density at radius 2 is 0.700 bits per heavy atom. The van der Waals surface area contributed by atoms with E-state index in [1.165, 1.54) is 66.3 Å². The van der Waals surface area contributed by atoms with Crippen LogP contribution >= 0.6 is 0 Å². The largest absolute Gasteiger partial charge is 0.456 e. The second-order valence-corrected chi connectivity index (χ2v) is 13.0. The summed E-state index contributed by atoms with van der Waals surface area (Å²) in [6.45, 7) is 0. The second kappa shape index (κ2) is 11.5. The van der Waals surface area contributed by atoms with E-state index in [-0.39, 0.29) is 0 Å². The third-order valence-electron chi connectivity index (χ3n) is 10.0. The highest BCUT2D eigenvalue weighted by molar-refractivity contribution is 6.11. The van der Waals surface area contributed by atoms with E-state index in [0.717, 1.165) is 27.6 Å². The molecule has 0 saturated carbocycles. The molecule has 0 fully saturated rings. The molecular formula is C48H31NO. The van der Waals surface area contributed by atoms with E-state index >= 15 is 0 Å². The van der Waals surface area contributed by atoms with Gasteiger partial charge in [0, 0.05) is 27.2 Å². The maximum atomic E-state index is 6.05. The molecule has 10 aromatic rings. The third kappa shape index (κ3) is 4.73. The van der Waals surface area contributed by atoms with E-state index in [0.29, 0.717) is 0 Å². The number of aromatic nitrogens is 1. The van der Waals surface area contributed by atoms with Crippen LogP contribution in [0.5, 0.6) is 0 Å². The first kappa shape index (κ1) is 28.4. The Bertz CT molecular complexity index is 2730. The van der Waals surface area contributed by atoms with Crippen LogP contribution in [-0.4, -0.2) is 4.57 Å². The minimum Gasteiger partial charge on any atom is -0.456 e. The lowest BCUT2D eigenvalue weighted by molar-refractivity contribution is 0.669. The highest BCUT2D eigenvalue weighted by Gasteiger charge is 2.15. The molecule has 2 nitrogen and oxygen atoms in total. The van der Waals surface area contributed by atoms with Crippen molar-refractivity contribution in [3.63, 3.8) is 0 Å². The topological polar surface area (TPSA) is 18.1 Å². The standard InChI is InChI=1S/C48H31NO/c1-3-9-32(10-4-1)38-21-26-41-42-27-22-39(33-11-5-2-6-12-33)31-46(42)49(45(41)30-38)40-24-19-35(20-25-40)34-15-17-36(18-16-34)37-23-28-48-44(29-37)43-13-7-8-14-47(43)50-48/h1-31H. The Balaban J connectivity index is 1.05. The number of nitrogens with zero attached hydrogens (tertiary/aromatic N) is 1. The fourth-order valence-electron chi connectivity index (χ4n) is 7.48. The summed E-state index contributed by atoms with van der Waals surface area (Å²) in [6.07, 6.45) is 0. The van der Waals surface area contributed by atoms with Crippen molar-refractivity contribution in [3.05, 3.63) is 188 Å². The molecule has 10 rings (SSSR count). The second-order valence-electron chi connectivity index (χ2n) is 13.0. The van der Waals surface area contributed by atoms with Crippen molar-refractivity contribution in [2.45, 2.75) is 0 Å². The van der Waals surface area contributed by atoms with E-state index in [2.05, 4.69) is 180 Å². The van der Waals surface area contributed by atoms with Crippen LogP contribution in [0, 0.1) is 0 Å². The lowest BCUT2D eigenvalue weighted by Gasteiger charge is -2.11. The van der Waals surface area contributed by atoms with E-state index in [9.17, 15) is 0 Å². The molecule has 0 aliphatic heterocycles. The monoisotopic (exact) mass is 637 g/mol. The fourth-order valence-corrected chi connectivity index (χ4v) is 7.48. The summed E-state index contributed by atoms with van der Waals surface area (Å²) in [5, 5.41) is 4.80. The van der Waals surface area contributed by atoms with Gasteiger partial charge in [-0.25, -0.2) is 0 Å². The molecule has 0 spiro atoms. The van der Waals surface area contributed by atoms with Gasteiger partial charge in [-0.1, -0.05) is 146 Å². The lowest BCUT2D eigenvalue weighted by Crippen LogP contribution is -1.94. The van der Waals surface area contributed by atoms with Crippen LogP contribution in [-0.2, 0) is 0 Å². The minimum absolute atomic E-state index is 0.919. The minimum atomic E-state index is 0.919. The fraction of sp³-hybridized carbons (Fsp3) is 0. The first-order valence-corrected chi connectivity index (χ1v) is 17.1. The Hall–Kier alpha value is -6.64. The summed E-state index contributed by atoms with van der Waals surface area (Å²) >= 11 is 0. The predicted molar refractivity (Wildman–Crippen MR) is 210 cm³/mol. The third-order valence-corrected chi connectivity index (χ3v) is 10.0. The van der Waals surface area contributed by atoms with Gasteiger partial charge in [0.15, 0.2) is 0 Å². The molecule has 0 radical (unpaired) electrons. The first-order valence-electron chi connectivity index (χ1n) is 17.1. The van der Waals surface area contributed by atoms with Gasteiger partial charge in [-0.2, -0.15) is 0 Å². The summed E-state index contributed by atoms with van der Waals surface area (Å²) in [5.74, 6) is 0. The zero-order valence-electron chi connectivity index (χ0n) is 27.3. The zero-order chi connectivity index (χ0) is 33.0. The van der Waals surface area contributed by atoms with Gasteiger partial charge in [-0.3, -0.25) is 0 Å². The van der Waals surface area contributed by atoms with E-state index < -0.39 is 0 Å². The Labute approximate surface area is 290 Å². The molecule has 0 aliphatic rings. The SMILES string of the molecule is c1ccc(-c2ccc3c4ccc(-c5ccccc5)cc4n(-c4ccc(-c5ccc(-c6ccc7oc8ccccc8c7c6)cc5)cc4)c3c2)cc1. The maximum absolute atomic E-state index is 6.05. The molecule has 0 saturated heterocycles. The molecule has 0 N–H and O–H groups in total. The number of para-hydroxylation sites is 1. The van der Waals surface area contributed by atoms with Gasteiger partial charge in [0.2, 0.25) is 0 Å². The van der Waals surface area contributed by atoms with Crippen LogP contribution in [0.1, 0.15) is 0 Å². The van der Waals surface area contributed by atoms with Crippen molar-refractivity contribution in [2.24, 2.45) is 0 Å². The summed E-state index contributed by atoms with van der Waals surface area (Å²) in [5.41, 5.74) is 15.0. The summed E-state index contributed by atoms with van der Waals surface area (Å²) in [7, 11) is 0. The number of hydrogen-bond acceptors (Lipinski definition) is 1. The van der Waals surface area contributed by atoms with Crippen molar-refractivity contribution in [1.82, 2.24) is 4.57 Å². The Kier molecular flexibility index (Phi) is 6.53. The van der Waals surface area contributed by atoms with Crippen molar-refractivity contribution >= 4 is 43.7 Å². The molecule has 0 unspecified atom stereocenters. The molecule has 2 heterocycles. The molecular weight excluding hydrogens is 607 g/mol. The molecule has 8 aromatic carbocycles. The summed E-state index contributed by atoms with van der Waals surface area (Å²) in [6, 6.07) is 67.6. The highest BCUT2D eigenvalue weighted by Crippen LogP contribution is 2.38. The van der Waals surface area contributed by atoms with E-state index in [4.69, 9.17) is 4.42 Å². The van der Waals surface area contributed by atoms with Crippen molar-refractivity contribution in [1.29, 1.82) is 0 Å². The number of benzene rings is 8. The van der Waals surface area contributed by atoms with Gasteiger partial charge >= 0.3 is 0 Å². The van der Waals surface area contributed by atoms with Crippen LogP contribution in [0.3, 0.4) is 0 Å². The predicted octanol–water partition coefficient (Wildman–Crippen LogP) is 13.4. The molecule has 0 atom stereocenters. The normalized spacial score (nSPS) is 11.6. The van der Waals surface area contributed by atoms with Gasteiger partial charge < -0.3 is 8.98 Å². The van der Waals surface area contributed by atoms with Crippen molar-refractivity contribution in [2.75, 3.05) is 0 Å². The molecule has 0 aliphatic carbocycles. The van der Waals surface area contributed by atoms with Gasteiger partial charge in [-0.05, 0) is 87.0 Å². The lowest BCUT2D eigenvalue weighted by atomic mass is 9.99. The number of furan rings is 1. The molecule has 234 valence electrons. The smallest absolute Gasteiger partial charge is 0.135 e. The van der Waals surface area contributed by atoms with E-state index in [1.807, 2.05) is 12.1 Å². The van der Waals surface area contributed by atoms with Crippen LogP contribution in [0.15, 0.2) is 192 Å². The summed E-state index contributed by atoms with van der Waals surface area (Å²) in [4.78, 5) is 0. The van der Waals surface area contributed by atoms with Crippen LogP contribution in [0.4, 0.5) is 0 Å². The van der Waals surface area contributed by atoms with Gasteiger partial charge in [0.05, 0.1) is 11.0 Å². The average Bonchev–Trinajstić information content (AvgIpc) is 3.73. The maximum Gasteiger partial charge on any atom is 0.135 e. The van der Waals surface area contributed by atoms with Gasteiger partial charge in [0.1, 0.15) is 11.2 Å². The first-order chi connectivity index (χ1) is 24.8. The highest BCUT2D eigenvalue weighted by atomic mass is 16.3. The van der Waals surface area contributed by atoms with Crippen LogP contribution in [0.25, 0.3) is 93.9 Å². The number of hydrogen-bond donors (Lipinski definition) is 0. The molecule has 0 amide bonds. The Morgan fingerprint density at radius 1 is 0.280 bits per heavy atom. The van der Waals surface area contributed by atoms with E-state index in [1.54, 1.807) is 0 Å². The number of rotatable bonds is 5. The van der Waals surface area contributed by atoms with Gasteiger partial charge in [-0.15, -0.1) is 0 Å². The molecule has 50 heavy (non-hydrogen) atoms. The molecule has 2 heteroatoms. The zero-order valence-corrected chi connectivity index (χ0v) is 27.3. The van der Waals surface area contributed by atoms with Crippen LogP contribution < -0.4 is 0 Å².